The van der Waals surface area contributed by atoms with Gasteiger partial charge in [-0.2, -0.15) is 0 Å². The quantitative estimate of drug-likeness (QED) is 0.798. The van der Waals surface area contributed by atoms with E-state index in [1.54, 1.807) is 6.20 Å². The highest BCUT2D eigenvalue weighted by molar-refractivity contribution is 4.98. The summed E-state index contributed by atoms with van der Waals surface area (Å²) in [7, 11) is 0. The Hall–Kier alpha value is -0.830. The van der Waals surface area contributed by atoms with Crippen LogP contribution in [0.5, 0.6) is 0 Å². The van der Waals surface area contributed by atoms with Crippen LogP contribution >= 0.6 is 0 Å². The Morgan fingerprint density at radius 2 is 2.06 bits per heavy atom. The van der Waals surface area contributed by atoms with Gasteiger partial charge in [0.1, 0.15) is 11.9 Å². The lowest BCUT2D eigenvalue weighted by Gasteiger charge is -2.21. The van der Waals surface area contributed by atoms with Gasteiger partial charge in [-0.25, -0.2) is 4.98 Å². The molecule has 0 amide bonds. The van der Waals surface area contributed by atoms with Gasteiger partial charge in [0.15, 0.2) is 0 Å². The van der Waals surface area contributed by atoms with Crippen molar-refractivity contribution in [1.82, 2.24) is 9.55 Å². The number of aromatic nitrogens is 2. The zero-order valence-electron chi connectivity index (χ0n) is 10.1. The van der Waals surface area contributed by atoms with Crippen LogP contribution in [-0.4, -0.2) is 14.7 Å². The maximum absolute atomic E-state index is 10.4. The summed E-state index contributed by atoms with van der Waals surface area (Å²) in [6, 6.07) is 0. The molecule has 1 heterocycles. The Morgan fingerprint density at radius 1 is 1.38 bits per heavy atom. The van der Waals surface area contributed by atoms with Gasteiger partial charge < -0.3 is 9.67 Å². The highest BCUT2D eigenvalue weighted by atomic mass is 16.3. The van der Waals surface area contributed by atoms with Crippen molar-refractivity contribution in [3.05, 3.63) is 18.2 Å². The number of hydrogen-bond acceptors (Lipinski definition) is 2. The SMILES string of the molecule is CCn1ccnc1C(O)C1CCCCCC1. The molecule has 1 saturated carbocycles. The van der Waals surface area contributed by atoms with E-state index in [0.717, 1.165) is 25.2 Å². The van der Waals surface area contributed by atoms with Crippen molar-refractivity contribution in [1.29, 1.82) is 0 Å². The molecule has 1 aliphatic carbocycles. The molecule has 0 saturated heterocycles. The van der Waals surface area contributed by atoms with Crippen LogP contribution < -0.4 is 0 Å². The second-order valence-corrected chi connectivity index (χ2v) is 4.77. The van der Waals surface area contributed by atoms with E-state index in [1.165, 1.54) is 25.7 Å². The first-order valence-corrected chi connectivity index (χ1v) is 6.52. The molecule has 0 aromatic carbocycles. The van der Waals surface area contributed by atoms with Gasteiger partial charge in [0.25, 0.3) is 0 Å². The molecule has 1 N–H and O–H groups in total. The van der Waals surface area contributed by atoms with E-state index in [4.69, 9.17) is 0 Å². The predicted octanol–water partition coefficient (Wildman–Crippen LogP) is 2.91. The average Bonchev–Trinajstić information content (AvgIpc) is 2.61. The molecular weight excluding hydrogens is 200 g/mol. The molecule has 1 aromatic rings. The van der Waals surface area contributed by atoms with Crippen LogP contribution in [0, 0.1) is 5.92 Å². The third kappa shape index (κ3) is 2.46. The van der Waals surface area contributed by atoms with Crippen molar-refractivity contribution in [2.75, 3.05) is 0 Å². The molecule has 0 bridgehead atoms. The van der Waals surface area contributed by atoms with Gasteiger partial charge in [0, 0.05) is 18.9 Å². The van der Waals surface area contributed by atoms with E-state index in [1.807, 2.05) is 6.20 Å². The molecule has 1 atom stereocenters. The van der Waals surface area contributed by atoms with Crippen LogP contribution in [0.1, 0.15) is 57.4 Å². The van der Waals surface area contributed by atoms with Crippen molar-refractivity contribution in [3.8, 4) is 0 Å². The van der Waals surface area contributed by atoms with Gasteiger partial charge in [-0.1, -0.05) is 25.7 Å². The highest BCUT2D eigenvalue weighted by Crippen LogP contribution is 2.32. The number of aliphatic hydroxyl groups is 1. The molecule has 1 aromatic heterocycles. The van der Waals surface area contributed by atoms with E-state index in [2.05, 4.69) is 16.5 Å². The summed E-state index contributed by atoms with van der Waals surface area (Å²) in [4.78, 5) is 4.31. The summed E-state index contributed by atoms with van der Waals surface area (Å²) in [5.74, 6) is 1.27. The first-order valence-electron chi connectivity index (χ1n) is 6.52. The van der Waals surface area contributed by atoms with Crippen LogP contribution in [0.4, 0.5) is 0 Å². The normalized spacial score (nSPS) is 20.6. The van der Waals surface area contributed by atoms with E-state index in [0.29, 0.717) is 5.92 Å². The zero-order valence-corrected chi connectivity index (χ0v) is 10.1. The van der Waals surface area contributed by atoms with Gasteiger partial charge in [-0.05, 0) is 25.7 Å². The highest BCUT2D eigenvalue weighted by Gasteiger charge is 2.25. The minimum absolute atomic E-state index is 0.368. The van der Waals surface area contributed by atoms with Crippen LogP contribution in [0.15, 0.2) is 12.4 Å². The molecule has 3 nitrogen and oxygen atoms in total. The number of aryl methyl sites for hydroxylation is 1. The van der Waals surface area contributed by atoms with Crippen molar-refractivity contribution in [2.45, 2.75) is 58.1 Å². The van der Waals surface area contributed by atoms with Gasteiger partial charge in [-0.15, -0.1) is 0 Å². The summed E-state index contributed by atoms with van der Waals surface area (Å²) in [5.41, 5.74) is 0. The summed E-state index contributed by atoms with van der Waals surface area (Å²) in [6.45, 7) is 2.98. The number of imidazole rings is 1. The second kappa shape index (κ2) is 5.48. The summed E-state index contributed by atoms with van der Waals surface area (Å²) >= 11 is 0. The third-order valence-corrected chi connectivity index (χ3v) is 3.70. The molecule has 16 heavy (non-hydrogen) atoms. The maximum atomic E-state index is 10.4. The molecule has 3 heteroatoms. The fraction of sp³-hybridized carbons (Fsp3) is 0.769. The fourth-order valence-corrected chi connectivity index (χ4v) is 2.69. The average molecular weight is 222 g/mol. The molecule has 0 spiro atoms. The lowest BCUT2D eigenvalue weighted by molar-refractivity contribution is 0.0871. The minimum atomic E-state index is -0.368. The Kier molecular flexibility index (Phi) is 3.99. The Bertz CT molecular complexity index is 313. The maximum Gasteiger partial charge on any atom is 0.137 e. The molecule has 1 unspecified atom stereocenters. The van der Waals surface area contributed by atoms with Gasteiger partial charge in [-0.3, -0.25) is 0 Å². The fourth-order valence-electron chi connectivity index (χ4n) is 2.69. The lowest BCUT2D eigenvalue weighted by atomic mass is 9.93. The minimum Gasteiger partial charge on any atom is -0.385 e. The molecule has 0 radical (unpaired) electrons. The number of nitrogens with zero attached hydrogens (tertiary/aromatic N) is 2. The number of rotatable bonds is 3. The monoisotopic (exact) mass is 222 g/mol. The first kappa shape index (κ1) is 11.6. The van der Waals surface area contributed by atoms with Crippen molar-refractivity contribution in [2.24, 2.45) is 5.92 Å². The smallest absolute Gasteiger partial charge is 0.137 e. The van der Waals surface area contributed by atoms with Gasteiger partial charge in [0.05, 0.1) is 0 Å². The number of aliphatic hydroxyl groups excluding tert-OH is 1. The first-order chi connectivity index (χ1) is 7.83. The molecule has 1 aliphatic rings. The lowest BCUT2D eigenvalue weighted by Crippen LogP contribution is -2.16. The molecule has 90 valence electrons. The van der Waals surface area contributed by atoms with Crippen molar-refractivity contribution >= 4 is 0 Å². The number of hydrogen-bond donors (Lipinski definition) is 1. The van der Waals surface area contributed by atoms with Crippen molar-refractivity contribution in [3.63, 3.8) is 0 Å². The Labute approximate surface area is 97.5 Å². The summed E-state index contributed by atoms with van der Waals surface area (Å²) in [6.07, 6.45) is 10.8. The summed E-state index contributed by atoms with van der Waals surface area (Å²) < 4.78 is 2.05. The van der Waals surface area contributed by atoms with Crippen LogP contribution in [0.25, 0.3) is 0 Å². The topological polar surface area (TPSA) is 38.0 Å². The Morgan fingerprint density at radius 3 is 2.69 bits per heavy atom. The van der Waals surface area contributed by atoms with Crippen molar-refractivity contribution < 1.29 is 5.11 Å². The van der Waals surface area contributed by atoms with Crippen LogP contribution in [0.2, 0.25) is 0 Å². The second-order valence-electron chi connectivity index (χ2n) is 4.77. The predicted molar refractivity (Wildman–Crippen MR) is 64.1 cm³/mol. The van der Waals surface area contributed by atoms with E-state index >= 15 is 0 Å². The van der Waals surface area contributed by atoms with Gasteiger partial charge >= 0.3 is 0 Å². The van der Waals surface area contributed by atoms with E-state index in [-0.39, 0.29) is 6.10 Å². The molecule has 0 aliphatic heterocycles. The van der Waals surface area contributed by atoms with Crippen LogP contribution in [-0.2, 0) is 6.54 Å². The standard InChI is InChI=1S/C13H22N2O/c1-2-15-10-9-14-13(15)12(16)11-7-5-3-4-6-8-11/h9-12,16H,2-8H2,1H3. The zero-order chi connectivity index (χ0) is 11.4. The van der Waals surface area contributed by atoms with E-state index < -0.39 is 0 Å². The summed E-state index contributed by atoms with van der Waals surface area (Å²) in [5, 5.41) is 10.4. The Balaban J connectivity index is 2.07. The molecule has 2 rings (SSSR count). The third-order valence-electron chi connectivity index (χ3n) is 3.70. The van der Waals surface area contributed by atoms with Gasteiger partial charge in [0.2, 0.25) is 0 Å². The van der Waals surface area contributed by atoms with E-state index in [9.17, 15) is 5.11 Å². The molecule has 1 fully saturated rings. The largest absolute Gasteiger partial charge is 0.385 e. The molecular formula is C13H22N2O. The van der Waals surface area contributed by atoms with Crippen LogP contribution in [0.3, 0.4) is 0 Å².